The Morgan fingerprint density at radius 2 is 2.00 bits per heavy atom. The highest BCUT2D eigenvalue weighted by molar-refractivity contribution is 9.11. The van der Waals surface area contributed by atoms with Gasteiger partial charge in [0, 0.05) is 22.3 Å². The van der Waals surface area contributed by atoms with Crippen molar-refractivity contribution >= 4 is 37.6 Å². The lowest BCUT2D eigenvalue weighted by atomic mass is 10.2. The highest BCUT2D eigenvalue weighted by Gasteiger charge is 2.05. The summed E-state index contributed by atoms with van der Waals surface area (Å²) in [5.74, 6) is 1.10. The van der Waals surface area contributed by atoms with Gasteiger partial charge in [-0.15, -0.1) is 0 Å². The van der Waals surface area contributed by atoms with Gasteiger partial charge in [-0.05, 0) is 47.1 Å². The van der Waals surface area contributed by atoms with Gasteiger partial charge in [0.2, 0.25) is 5.88 Å². The maximum absolute atomic E-state index is 11.1. The highest BCUT2D eigenvalue weighted by Crippen LogP contribution is 2.31. The van der Waals surface area contributed by atoms with Crippen LogP contribution >= 0.6 is 31.9 Å². The number of aromatic nitrogens is 1. The molecule has 5 heteroatoms. The topological polar surface area (TPSA) is 39.2 Å². The summed E-state index contributed by atoms with van der Waals surface area (Å²) in [6.45, 7) is 1.50. The van der Waals surface area contributed by atoms with Gasteiger partial charge in [-0.1, -0.05) is 15.9 Å². The van der Waals surface area contributed by atoms with E-state index in [1.165, 1.54) is 13.1 Å². The van der Waals surface area contributed by atoms with Crippen LogP contribution in [0.15, 0.2) is 45.5 Å². The maximum atomic E-state index is 11.1. The number of nitrogens with zero attached hydrogens (tertiary/aromatic N) is 1. The Hall–Kier alpha value is -1.20. The lowest BCUT2D eigenvalue weighted by molar-refractivity contribution is 0.101. The molecule has 92 valence electrons. The first-order chi connectivity index (χ1) is 8.56. The van der Waals surface area contributed by atoms with Crippen LogP contribution in [0.4, 0.5) is 0 Å². The van der Waals surface area contributed by atoms with Crippen LogP contribution in [0.5, 0.6) is 11.6 Å². The minimum atomic E-state index is -0.0149. The third kappa shape index (κ3) is 3.17. The van der Waals surface area contributed by atoms with Gasteiger partial charge in [0.25, 0.3) is 0 Å². The van der Waals surface area contributed by atoms with E-state index < -0.39 is 0 Å². The number of rotatable bonds is 3. The van der Waals surface area contributed by atoms with Gasteiger partial charge in [0.1, 0.15) is 5.75 Å². The molecule has 0 amide bonds. The Balaban J connectivity index is 2.21. The Bertz CT molecular complexity index is 582. The van der Waals surface area contributed by atoms with Crippen molar-refractivity contribution in [3.8, 4) is 11.6 Å². The van der Waals surface area contributed by atoms with Gasteiger partial charge >= 0.3 is 0 Å². The number of ether oxygens (including phenoxy) is 1. The molecule has 0 spiro atoms. The second-order valence-electron chi connectivity index (χ2n) is 3.62. The third-order valence-corrected chi connectivity index (χ3v) is 3.36. The lowest BCUT2D eigenvalue weighted by Gasteiger charge is -2.07. The lowest BCUT2D eigenvalue weighted by Crippen LogP contribution is -1.94. The average molecular weight is 371 g/mol. The molecule has 1 heterocycles. The molecule has 3 nitrogen and oxygen atoms in total. The Kier molecular flexibility index (Phi) is 4.14. The van der Waals surface area contributed by atoms with Gasteiger partial charge in [-0.2, -0.15) is 0 Å². The minimum absolute atomic E-state index is 0.0149. The van der Waals surface area contributed by atoms with Crippen molar-refractivity contribution in [2.45, 2.75) is 6.92 Å². The van der Waals surface area contributed by atoms with Crippen LogP contribution in [0.1, 0.15) is 17.3 Å². The van der Waals surface area contributed by atoms with E-state index in [1.54, 1.807) is 12.1 Å². The number of pyridine rings is 1. The van der Waals surface area contributed by atoms with E-state index in [1.807, 2.05) is 18.2 Å². The highest BCUT2D eigenvalue weighted by atomic mass is 79.9. The summed E-state index contributed by atoms with van der Waals surface area (Å²) >= 11 is 6.77. The molecular formula is C13H9Br2NO2. The predicted octanol–water partition coefficient (Wildman–Crippen LogP) is 4.60. The molecular weight excluding hydrogens is 362 g/mol. The van der Waals surface area contributed by atoms with Crippen molar-refractivity contribution in [2.75, 3.05) is 0 Å². The largest absolute Gasteiger partial charge is 0.438 e. The number of hydrogen-bond acceptors (Lipinski definition) is 3. The first-order valence-corrected chi connectivity index (χ1v) is 6.75. The minimum Gasteiger partial charge on any atom is -0.438 e. The zero-order valence-corrected chi connectivity index (χ0v) is 12.7. The van der Waals surface area contributed by atoms with Crippen molar-refractivity contribution in [3.05, 3.63) is 51.0 Å². The van der Waals surface area contributed by atoms with Crippen LogP contribution in [0.2, 0.25) is 0 Å². The molecule has 0 saturated carbocycles. The zero-order chi connectivity index (χ0) is 13.1. The van der Waals surface area contributed by atoms with Crippen molar-refractivity contribution in [3.63, 3.8) is 0 Å². The fourth-order valence-corrected chi connectivity index (χ4v) is 2.45. The fourth-order valence-electron chi connectivity index (χ4n) is 1.32. The molecule has 1 aromatic carbocycles. The quantitative estimate of drug-likeness (QED) is 0.741. The molecule has 0 unspecified atom stereocenters. The zero-order valence-electron chi connectivity index (χ0n) is 9.48. The molecule has 0 aliphatic carbocycles. The predicted molar refractivity (Wildman–Crippen MR) is 76.2 cm³/mol. The van der Waals surface area contributed by atoms with E-state index in [2.05, 4.69) is 36.8 Å². The molecule has 2 aromatic rings. The second kappa shape index (κ2) is 5.63. The molecule has 0 fully saturated rings. The number of hydrogen-bond donors (Lipinski definition) is 0. The van der Waals surface area contributed by atoms with Crippen molar-refractivity contribution in [1.82, 2.24) is 4.98 Å². The van der Waals surface area contributed by atoms with Crippen molar-refractivity contribution in [2.24, 2.45) is 0 Å². The summed E-state index contributed by atoms with van der Waals surface area (Å²) in [5.41, 5.74) is 0.567. The molecule has 1 aromatic heterocycles. The molecule has 18 heavy (non-hydrogen) atoms. The van der Waals surface area contributed by atoms with Crippen LogP contribution < -0.4 is 4.74 Å². The Labute approximate surface area is 121 Å². The Morgan fingerprint density at radius 1 is 1.22 bits per heavy atom. The van der Waals surface area contributed by atoms with E-state index in [0.29, 0.717) is 17.2 Å². The monoisotopic (exact) mass is 369 g/mol. The number of ketones is 1. The van der Waals surface area contributed by atoms with Crippen LogP contribution in [0.25, 0.3) is 0 Å². The molecule has 0 N–H and O–H groups in total. The van der Waals surface area contributed by atoms with Crippen LogP contribution in [0, 0.1) is 0 Å². The standard InChI is InChI=1S/C13H9Br2NO2/c1-8(17)9-2-5-13(16-7-9)18-12-4-3-10(14)6-11(12)15/h2-7H,1H3. The SMILES string of the molecule is CC(=O)c1ccc(Oc2ccc(Br)cc2Br)nc1. The molecule has 0 bridgehead atoms. The van der Waals surface area contributed by atoms with E-state index in [-0.39, 0.29) is 5.78 Å². The van der Waals surface area contributed by atoms with E-state index in [0.717, 1.165) is 8.95 Å². The van der Waals surface area contributed by atoms with Crippen LogP contribution in [0.3, 0.4) is 0 Å². The summed E-state index contributed by atoms with van der Waals surface area (Å²) in [7, 11) is 0. The van der Waals surface area contributed by atoms with Gasteiger partial charge < -0.3 is 4.74 Å². The molecule has 2 rings (SSSR count). The molecule has 0 atom stereocenters. The number of carbonyl (C=O) groups is 1. The maximum Gasteiger partial charge on any atom is 0.219 e. The normalized spacial score (nSPS) is 10.2. The summed E-state index contributed by atoms with van der Waals surface area (Å²) in [6.07, 6.45) is 1.50. The summed E-state index contributed by atoms with van der Waals surface area (Å²) < 4.78 is 7.40. The third-order valence-electron chi connectivity index (χ3n) is 2.25. The number of Topliss-reactive ketones (excluding diaryl/α,β-unsaturated/α-hetero) is 1. The summed E-state index contributed by atoms with van der Waals surface area (Å²) in [4.78, 5) is 15.2. The molecule has 0 aliphatic heterocycles. The summed E-state index contributed by atoms with van der Waals surface area (Å²) in [6, 6.07) is 8.96. The first kappa shape index (κ1) is 13.2. The molecule has 0 aliphatic rings. The summed E-state index contributed by atoms with van der Waals surface area (Å²) in [5, 5.41) is 0. The number of halogens is 2. The van der Waals surface area contributed by atoms with Crippen LogP contribution in [-0.4, -0.2) is 10.8 Å². The average Bonchev–Trinajstić information content (AvgIpc) is 2.33. The van der Waals surface area contributed by atoms with Gasteiger partial charge in [-0.25, -0.2) is 4.98 Å². The van der Waals surface area contributed by atoms with Crippen LogP contribution in [-0.2, 0) is 0 Å². The number of carbonyl (C=O) groups excluding carboxylic acids is 1. The first-order valence-electron chi connectivity index (χ1n) is 5.16. The second-order valence-corrected chi connectivity index (χ2v) is 5.39. The van der Waals surface area contributed by atoms with E-state index in [4.69, 9.17) is 4.74 Å². The van der Waals surface area contributed by atoms with Gasteiger partial charge in [-0.3, -0.25) is 4.79 Å². The number of benzene rings is 1. The van der Waals surface area contributed by atoms with E-state index >= 15 is 0 Å². The fraction of sp³-hybridized carbons (Fsp3) is 0.0769. The molecule has 0 radical (unpaired) electrons. The van der Waals surface area contributed by atoms with Crippen molar-refractivity contribution in [1.29, 1.82) is 0 Å². The van der Waals surface area contributed by atoms with E-state index in [9.17, 15) is 4.79 Å². The molecule has 0 saturated heterocycles. The smallest absolute Gasteiger partial charge is 0.219 e. The van der Waals surface area contributed by atoms with Gasteiger partial charge in [0.15, 0.2) is 5.78 Å². The van der Waals surface area contributed by atoms with Gasteiger partial charge in [0.05, 0.1) is 4.47 Å². The Morgan fingerprint density at radius 3 is 2.56 bits per heavy atom. The van der Waals surface area contributed by atoms with Crippen molar-refractivity contribution < 1.29 is 9.53 Å².